The predicted octanol–water partition coefficient (Wildman–Crippen LogP) is 2.23. The molecule has 0 spiro atoms. The summed E-state index contributed by atoms with van der Waals surface area (Å²) in [6.07, 6.45) is 5.54. The van der Waals surface area contributed by atoms with Crippen LogP contribution in [0, 0.1) is 5.82 Å². The summed E-state index contributed by atoms with van der Waals surface area (Å²) in [4.78, 5) is 12.1. The summed E-state index contributed by atoms with van der Waals surface area (Å²) in [5, 5.41) is 6.60. The molecule has 0 bridgehead atoms. The van der Waals surface area contributed by atoms with Gasteiger partial charge in [-0.05, 0) is 12.0 Å². The summed E-state index contributed by atoms with van der Waals surface area (Å²) in [6.45, 7) is 3.96. The average Bonchev–Trinajstić information content (AvgIpc) is 2.49. The summed E-state index contributed by atoms with van der Waals surface area (Å²) < 4.78 is 13.2. The predicted molar refractivity (Wildman–Crippen MR) is 73.5 cm³/mol. The van der Waals surface area contributed by atoms with Gasteiger partial charge in [-0.1, -0.05) is 13.8 Å². The van der Waals surface area contributed by atoms with E-state index >= 15 is 0 Å². The normalized spacial score (nSPS) is 10.4. The lowest BCUT2D eigenvalue weighted by Crippen LogP contribution is -1.99. The number of nitrogens with zero attached hydrogens (tertiary/aromatic N) is 4. The molecule has 7 heteroatoms. The molecule has 20 heavy (non-hydrogen) atoms. The van der Waals surface area contributed by atoms with Gasteiger partial charge in [-0.25, -0.2) is 14.4 Å². The first kappa shape index (κ1) is 13.9. The fourth-order valence-corrected chi connectivity index (χ4v) is 1.62. The summed E-state index contributed by atoms with van der Waals surface area (Å²) in [5.41, 5.74) is 7.18. The van der Waals surface area contributed by atoms with Crippen LogP contribution in [-0.4, -0.2) is 25.1 Å². The Morgan fingerprint density at radius 1 is 1.25 bits per heavy atom. The van der Waals surface area contributed by atoms with Gasteiger partial charge in [0.1, 0.15) is 18.0 Å². The summed E-state index contributed by atoms with van der Waals surface area (Å²) in [5.74, 6) is 0.250. The van der Waals surface area contributed by atoms with E-state index in [0.29, 0.717) is 11.4 Å². The van der Waals surface area contributed by atoms with Crippen molar-refractivity contribution in [3.63, 3.8) is 0 Å². The van der Waals surface area contributed by atoms with Crippen molar-refractivity contribution < 1.29 is 4.39 Å². The number of nitrogens with two attached hydrogens (primary N) is 1. The van der Waals surface area contributed by atoms with E-state index in [1.165, 1.54) is 18.6 Å². The highest BCUT2D eigenvalue weighted by atomic mass is 19.1. The molecule has 0 aromatic carbocycles. The molecule has 0 aliphatic carbocycles. The van der Waals surface area contributed by atoms with Gasteiger partial charge >= 0.3 is 0 Å². The summed E-state index contributed by atoms with van der Waals surface area (Å²) >= 11 is 0. The number of aromatic nitrogens is 5. The molecule has 3 N–H and O–H groups in total. The molecule has 2 heterocycles. The van der Waals surface area contributed by atoms with Crippen LogP contribution in [0.4, 0.5) is 10.2 Å². The van der Waals surface area contributed by atoms with E-state index in [4.69, 9.17) is 5.73 Å². The SMILES string of the molecule is CC(C)c1cn[nH]cnc(-c2cncc(F)c2)nc1N. The third kappa shape index (κ3) is 3.25. The minimum Gasteiger partial charge on any atom is -0.383 e. The number of nitrogen functional groups attached to an aromatic ring is 1. The number of hydrogen-bond donors (Lipinski definition) is 2. The third-order valence-electron chi connectivity index (χ3n) is 2.63. The van der Waals surface area contributed by atoms with Crippen LogP contribution in [0.1, 0.15) is 25.3 Å². The molecule has 0 saturated carbocycles. The molecule has 2 rings (SSSR count). The molecular formula is C13H15FN6. The Hall–Kier alpha value is -2.57. The van der Waals surface area contributed by atoms with Crippen molar-refractivity contribution in [2.75, 3.05) is 5.73 Å². The lowest BCUT2D eigenvalue weighted by molar-refractivity contribution is 0.622. The Morgan fingerprint density at radius 3 is 2.75 bits per heavy atom. The molecule has 0 aliphatic heterocycles. The lowest BCUT2D eigenvalue weighted by Gasteiger charge is -2.04. The fraction of sp³-hybridized carbons (Fsp3) is 0.231. The first-order chi connectivity index (χ1) is 9.58. The van der Waals surface area contributed by atoms with Crippen LogP contribution in [0.3, 0.4) is 0 Å². The van der Waals surface area contributed by atoms with Crippen LogP contribution in [-0.2, 0) is 0 Å². The molecular weight excluding hydrogens is 259 g/mol. The molecule has 0 amide bonds. The molecule has 104 valence electrons. The maximum Gasteiger partial charge on any atom is 0.164 e. The molecule has 0 saturated heterocycles. The average molecular weight is 274 g/mol. The van der Waals surface area contributed by atoms with Crippen LogP contribution >= 0.6 is 0 Å². The van der Waals surface area contributed by atoms with Gasteiger partial charge in [-0.2, -0.15) is 5.10 Å². The molecule has 6 nitrogen and oxygen atoms in total. The Labute approximate surface area is 115 Å². The van der Waals surface area contributed by atoms with Gasteiger partial charge in [0.15, 0.2) is 5.82 Å². The van der Waals surface area contributed by atoms with E-state index < -0.39 is 5.82 Å². The highest BCUT2D eigenvalue weighted by molar-refractivity contribution is 5.54. The highest BCUT2D eigenvalue weighted by Gasteiger charge is 2.06. The van der Waals surface area contributed by atoms with E-state index in [2.05, 4.69) is 25.1 Å². The van der Waals surface area contributed by atoms with Crippen LogP contribution < -0.4 is 5.73 Å². The van der Waals surface area contributed by atoms with Crippen molar-refractivity contribution in [3.05, 3.63) is 42.4 Å². The van der Waals surface area contributed by atoms with Gasteiger partial charge in [0.05, 0.1) is 12.4 Å². The van der Waals surface area contributed by atoms with E-state index in [0.717, 1.165) is 11.8 Å². The fourth-order valence-electron chi connectivity index (χ4n) is 1.62. The second kappa shape index (κ2) is 6.05. The maximum absolute atomic E-state index is 13.2. The smallest absolute Gasteiger partial charge is 0.164 e. The molecule has 0 radical (unpaired) electrons. The van der Waals surface area contributed by atoms with Crippen LogP contribution in [0.5, 0.6) is 0 Å². The van der Waals surface area contributed by atoms with E-state index in [9.17, 15) is 4.39 Å². The van der Waals surface area contributed by atoms with Crippen molar-refractivity contribution in [2.45, 2.75) is 19.8 Å². The molecule has 0 fully saturated rings. The Kier molecular flexibility index (Phi) is 4.19. The second-order valence-electron chi connectivity index (χ2n) is 4.47. The Bertz CT molecular complexity index is 651. The number of anilines is 1. The van der Waals surface area contributed by atoms with Crippen molar-refractivity contribution >= 4 is 5.82 Å². The largest absolute Gasteiger partial charge is 0.383 e. The summed E-state index contributed by atoms with van der Waals surface area (Å²) in [6, 6.07) is 1.30. The van der Waals surface area contributed by atoms with E-state index in [1.807, 2.05) is 13.8 Å². The quantitative estimate of drug-likeness (QED) is 0.875. The van der Waals surface area contributed by atoms with Crippen molar-refractivity contribution in [1.29, 1.82) is 0 Å². The molecule has 2 aromatic rings. The second-order valence-corrected chi connectivity index (χ2v) is 4.47. The minimum atomic E-state index is -0.462. The number of H-pyrrole nitrogens is 1. The van der Waals surface area contributed by atoms with E-state index in [-0.39, 0.29) is 11.7 Å². The number of halogens is 1. The zero-order valence-electron chi connectivity index (χ0n) is 11.2. The number of pyridine rings is 1. The highest BCUT2D eigenvalue weighted by Crippen LogP contribution is 2.19. The van der Waals surface area contributed by atoms with Gasteiger partial charge in [-0.3, -0.25) is 10.1 Å². The minimum absolute atomic E-state index is 0.147. The monoisotopic (exact) mass is 274 g/mol. The van der Waals surface area contributed by atoms with Gasteiger partial charge in [0.25, 0.3) is 0 Å². The van der Waals surface area contributed by atoms with Gasteiger partial charge < -0.3 is 5.73 Å². The Balaban J connectivity index is 2.66. The molecule has 2 aromatic heterocycles. The Morgan fingerprint density at radius 2 is 2.05 bits per heavy atom. The maximum atomic E-state index is 13.2. The summed E-state index contributed by atoms with van der Waals surface area (Å²) in [7, 11) is 0. The number of nitrogens with one attached hydrogen (secondary N) is 1. The van der Waals surface area contributed by atoms with Crippen LogP contribution in [0.25, 0.3) is 11.4 Å². The molecule has 0 unspecified atom stereocenters. The first-order valence-corrected chi connectivity index (χ1v) is 6.08. The standard InChI is InChI=1S/C13H15FN6/c1-8(2)11-6-18-19-7-17-13(20-12(11)15)9-3-10(14)5-16-4-9/h3-8H,15H2,1-2H3,(H,17,19,20). The number of hydrogen-bond acceptors (Lipinski definition) is 5. The number of rotatable bonds is 2. The van der Waals surface area contributed by atoms with Gasteiger partial charge in [-0.15, -0.1) is 0 Å². The molecule has 0 aliphatic rings. The zero-order chi connectivity index (χ0) is 14.5. The number of aromatic amines is 1. The van der Waals surface area contributed by atoms with Gasteiger partial charge in [0.2, 0.25) is 0 Å². The van der Waals surface area contributed by atoms with Gasteiger partial charge in [0, 0.05) is 17.3 Å². The lowest BCUT2D eigenvalue weighted by atomic mass is 10.1. The van der Waals surface area contributed by atoms with Crippen LogP contribution in [0.15, 0.2) is 31.0 Å². The molecule has 0 atom stereocenters. The third-order valence-corrected chi connectivity index (χ3v) is 2.63. The topological polar surface area (TPSA) is 93.4 Å². The van der Waals surface area contributed by atoms with Crippen molar-refractivity contribution in [1.82, 2.24) is 25.1 Å². The zero-order valence-corrected chi connectivity index (χ0v) is 11.2. The first-order valence-electron chi connectivity index (χ1n) is 6.08. The van der Waals surface area contributed by atoms with Crippen molar-refractivity contribution in [2.24, 2.45) is 0 Å². The van der Waals surface area contributed by atoms with E-state index in [1.54, 1.807) is 6.20 Å². The van der Waals surface area contributed by atoms with Crippen LogP contribution in [0.2, 0.25) is 0 Å². The van der Waals surface area contributed by atoms with Crippen molar-refractivity contribution in [3.8, 4) is 11.4 Å².